The number of rotatable bonds is 2. The van der Waals surface area contributed by atoms with Crippen molar-refractivity contribution in [1.29, 1.82) is 0 Å². The Kier molecular flexibility index (Phi) is 4.20. The highest BCUT2D eigenvalue weighted by Crippen LogP contribution is 2.30. The fraction of sp³-hybridized carbons (Fsp3) is 0.706. The third-order valence-electron chi connectivity index (χ3n) is 4.07. The molecule has 1 atom stereocenters. The van der Waals surface area contributed by atoms with Gasteiger partial charge in [-0.3, -0.25) is 4.79 Å². The van der Waals surface area contributed by atoms with Gasteiger partial charge in [0.1, 0.15) is 11.6 Å². The summed E-state index contributed by atoms with van der Waals surface area (Å²) in [6.45, 7) is 14.3. The van der Waals surface area contributed by atoms with Gasteiger partial charge in [0.05, 0.1) is 11.6 Å². The van der Waals surface area contributed by atoms with Gasteiger partial charge >= 0.3 is 0 Å². The van der Waals surface area contributed by atoms with E-state index >= 15 is 0 Å². The highest BCUT2D eigenvalue weighted by Gasteiger charge is 2.30. The fourth-order valence-electron chi connectivity index (χ4n) is 2.52. The van der Waals surface area contributed by atoms with Crippen LogP contribution < -0.4 is 10.6 Å². The van der Waals surface area contributed by atoms with Crippen molar-refractivity contribution in [2.24, 2.45) is 11.7 Å². The molecule has 1 amide bonds. The number of anilines is 1. The second kappa shape index (κ2) is 5.52. The highest BCUT2D eigenvalue weighted by atomic mass is 16.1. The molecule has 0 bridgehead atoms. The largest absolute Gasteiger partial charge is 0.369 e. The maximum Gasteiger partial charge on any atom is 0.222 e. The summed E-state index contributed by atoms with van der Waals surface area (Å²) in [7, 11) is 0. The molecule has 1 aromatic heterocycles. The van der Waals surface area contributed by atoms with E-state index in [2.05, 4.69) is 52.5 Å². The van der Waals surface area contributed by atoms with Crippen molar-refractivity contribution in [2.45, 2.75) is 58.8 Å². The van der Waals surface area contributed by atoms with Crippen molar-refractivity contribution >= 4 is 11.7 Å². The molecule has 2 rings (SSSR count). The van der Waals surface area contributed by atoms with E-state index in [4.69, 9.17) is 15.7 Å². The number of carbonyl (C=O) groups is 1. The van der Waals surface area contributed by atoms with E-state index < -0.39 is 0 Å². The Balaban J connectivity index is 2.41. The standard InChI is InChI=1S/C17H28N4O/c1-16(2,3)12-9-13(20-15(19-12)17(4,5)6)21-8-7-11(10-21)14(18)22/h9,11H,7-8,10H2,1-6H3,(H2,18,22)/t11-/m1/s1. The van der Waals surface area contributed by atoms with Crippen molar-refractivity contribution in [3.8, 4) is 0 Å². The van der Waals surface area contributed by atoms with E-state index in [0.29, 0.717) is 6.54 Å². The SMILES string of the molecule is CC(C)(C)c1cc(N2CC[C@@H](C(N)=O)C2)nc(C(C)(C)C)n1. The van der Waals surface area contributed by atoms with Crippen LogP contribution in [0.25, 0.3) is 0 Å². The predicted molar refractivity (Wildman–Crippen MR) is 88.9 cm³/mol. The van der Waals surface area contributed by atoms with Crippen molar-refractivity contribution < 1.29 is 4.79 Å². The first kappa shape index (κ1) is 16.7. The van der Waals surface area contributed by atoms with E-state index in [1.165, 1.54) is 0 Å². The molecule has 2 heterocycles. The van der Waals surface area contributed by atoms with E-state index in [0.717, 1.165) is 30.3 Å². The van der Waals surface area contributed by atoms with E-state index in [1.807, 2.05) is 0 Å². The Hall–Kier alpha value is -1.65. The molecule has 0 unspecified atom stereocenters. The van der Waals surface area contributed by atoms with Crippen molar-refractivity contribution in [3.63, 3.8) is 0 Å². The highest BCUT2D eigenvalue weighted by molar-refractivity contribution is 5.78. The van der Waals surface area contributed by atoms with Gasteiger partial charge < -0.3 is 10.6 Å². The number of aromatic nitrogens is 2. The molecule has 1 aliphatic heterocycles. The van der Waals surface area contributed by atoms with Crippen LogP contribution in [0.5, 0.6) is 0 Å². The van der Waals surface area contributed by atoms with Crippen LogP contribution in [0.1, 0.15) is 59.5 Å². The Morgan fingerprint density at radius 1 is 1.18 bits per heavy atom. The maximum absolute atomic E-state index is 11.4. The third-order valence-corrected chi connectivity index (χ3v) is 4.07. The van der Waals surface area contributed by atoms with E-state index in [-0.39, 0.29) is 22.7 Å². The lowest BCUT2D eigenvalue weighted by Crippen LogP contribution is -2.29. The summed E-state index contributed by atoms with van der Waals surface area (Å²) in [5.74, 6) is 1.46. The summed E-state index contributed by atoms with van der Waals surface area (Å²) in [6.07, 6.45) is 0.801. The lowest BCUT2D eigenvalue weighted by atomic mass is 9.90. The van der Waals surface area contributed by atoms with Crippen LogP contribution in [0.3, 0.4) is 0 Å². The van der Waals surface area contributed by atoms with Crippen LogP contribution in [0.4, 0.5) is 5.82 Å². The minimum Gasteiger partial charge on any atom is -0.369 e. The summed E-state index contributed by atoms with van der Waals surface area (Å²) in [6, 6.07) is 2.05. The van der Waals surface area contributed by atoms with Gasteiger partial charge in [0, 0.05) is 30.0 Å². The number of nitrogens with zero attached hydrogens (tertiary/aromatic N) is 3. The zero-order chi connectivity index (χ0) is 16.7. The van der Waals surface area contributed by atoms with Gasteiger partial charge in [0.25, 0.3) is 0 Å². The molecule has 1 aromatic rings. The van der Waals surface area contributed by atoms with Crippen LogP contribution >= 0.6 is 0 Å². The quantitative estimate of drug-likeness (QED) is 0.910. The van der Waals surface area contributed by atoms with Crippen molar-refractivity contribution in [3.05, 3.63) is 17.6 Å². The number of amides is 1. The monoisotopic (exact) mass is 304 g/mol. The second-order valence-electron chi connectivity index (χ2n) is 8.27. The Bertz CT molecular complexity index is 537. The molecular formula is C17H28N4O. The Morgan fingerprint density at radius 2 is 1.82 bits per heavy atom. The third kappa shape index (κ3) is 3.57. The Morgan fingerprint density at radius 3 is 2.27 bits per heavy atom. The molecule has 0 saturated carbocycles. The molecule has 1 aliphatic rings. The summed E-state index contributed by atoms with van der Waals surface area (Å²) >= 11 is 0. The van der Waals surface area contributed by atoms with Gasteiger partial charge in [-0.05, 0) is 6.42 Å². The first-order chi connectivity index (χ1) is 9.98. The minimum atomic E-state index is -0.219. The van der Waals surface area contributed by atoms with Crippen LogP contribution in [0, 0.1) is 5.92 Å². The molecule has 1 saturated heterocycles. The maximum atomic E-state index is 11.4. The average Bonchev–Trinajstić information content (AvgIpc) is 2.85. The first-order valence-electron chi connectivity index (χ1n) is 7.93. The molecule has 0 radical (unpaired) electrons. The molecule has 2 N–H and O–H groups in total. The topological polar surface area (TPSA) is 72.1 Å². The predicted octanol–water partition coefficient (Wildman–Crippen LogP) is 2.38. The number of hydrogen-bond acceptors (Lipinski definition) is 4. The zero-order valence-electron chi connectivity index (χ0n) is 14.6. The molecule has 1 fully saturated rings. The summed E-state index contributed by atoms with van der Waals surface area (Å²) in [5, 5.41) is 0. The van der Waals surface area contributed by atoms with Gasteiger partial charge in [-0.2, -0.15) is 0 Å². The second-order valence-corrected chi connectivity index (χ2v) is 8.27. The van der Waals surface area contributed by atoms with Crippen LogP contribution in [-0.2, 0) is 15.6 Å². The number of nitrogens with two attached hydrogens (primary N) is 1. The normalized spacial score (nSPS) is 19.5. The summed E-state index contributed by atoms with van der Waals surface area (Å²) in [5.41, 5.74) is 6.32. The molecule has 5 nitrogen and oxygen atoms in total. The number of hydrogen-bond donors (Lipinski definition) is 1. The molecule has 22 heavy (non-hydrogen) atoms. The zero-order valence-corrected chi connectivity index (χ0v) is 14.6. The molecule has 122 valence electrons. The molecule has 0 aromatic carbocycles. The molecule has 5 heteroatoms. The van der Waals surface area contributed by atoms with Gasteiger partial charge in [0.2, 0.25) is 5.91 Å². The number of carbonyl (C=O) groups excluding carboxylic acids is 1. The van der Waals surface area contributed by atoms with Crippen LogP contribution in [0.2, 0.25) is 0 Å². The molecule has 0 aliphatic carbocycles. The van der Waals surface area contributed by atoms with Crippen LogP contribution in [0.15, 0.2) is 6.07 Å². The lowest BCUT2D eigenvalue weighted by Gasteiger charge is -2.26. The molecule has 0 spiro atoms. The summed E-state index contributed by atoms with van der Waals surface area (Å²) < 4.78 is 0. The fourth-order valence-corrected chi connectivity index (χ4v) is 2.52. The van der Waals surface area contributed by atoms with Gasteiger partial charge in [-0.15, -0.1) is 0 Å². The Labute approximate surface area is 133 Å². The van der Waals surface area contributed by atoms with Crippen molar-refractivity contribution in [2.75, 3.05) is 18.0 Å². The first-order valence-corrected chi connectivity index (χ1v) is 7.93. The van der Waals surface area contributed by atoms with Crippen LogP contribution in [-0.4, -0.2) is 29.0 Å². The minimum absolute atomic E-state index is 0.0412. The smallest absolute Gasteiger partial charge is 0.222 e. The molecular weight excluding hydrogens is 276 g/mol. The average molecular weight is 304 g/mol. The van der Waals surface area contributed by atoms with E-state index in [9.17, 15) is 4.79 Å². The lowest BCUT2D eigenvalue weighted by molar-refractivity contribution is -0.121. The van der Waals surface area contributed by atoms with Gasteiger partial charge in [-0.1, -0.05) is 41.5 Å². The van der Waals surface area contributed by atoms with Gasteiger partial charge in [-0.25, -0.2) is 9.97 Å². The van der Waals surface area contributed by atoms with E-state index in [1.54, 1.807) is 0 Å². The summed E-state index contributed by atoms with van der Waals surface area (Å²) in [4.78, 5) is 23.1. The van der Waals surface area contributed by atoms with Crippen molar-refractivity contribution in [1.82, 2.24) is 9.97 Å². The van der Waals surface area contributed by atoms with Gasteiger partial charge in [0.15, 0.2) is 0 Å². The number of primary amides is 1.